The van der Waals surface area contributed by atoms with Gasteiger partial charge < -0.3 is 10.4 Å². The van der Waals surface area contributed by atoms with E-state index in [0.717, 1.165) is 32.9 Å². The molecule has 6 heteroatoms. The number of thiophene rings is 1. The number of carbonyl (C=O) groups excluding carboxylic acids is 1. The number of fused-ring (bicyclic) bond motifs is 1. The zero-order valence-corrected chi connectivity index (χ0v) is 16.2. The molecule has 0 aliphatic carbocycles. The van der Waals surface area contributed by atoms with Crippen LogP contribution in [0.3, 0.4) is 0 Å². The third-order valence-corrected chi connectivity index (χ3v) is 6.44. The van der Waals surface area contributed by atoms with Crippen molar-refractivity contribution in [2.75, 3.05) is 5.32 Å². The molecule has 0 saturated heterocycles. The molecule has 0 saturated carbocycles. The summed E-state index contributed by atoms with van der Waals surface area (Å²) in [4.78, 5) is 25.3. The third-order valence-electron chi connectivity index (χ3n) is 5.15. The van der Waals surface area contributed by atoms with Gasteiger partial charge in [-0.2, -0.15) is 0 Å². The standard InChI is InChI=1S/C22H18FNO3S/c1-11-6-7-13(8-12(11)2)16-10-17(25)24-19-18(14-4-3-5-15(23)9-14)21(22(26)27)28-20(16)19/h3-9,16H,10H2,1-2H3,(H,24,25)(H,26,27)/t16-/m0/s1. The number of halogens is 1. The molecule has 0 spiro atoms. The SMILES string of the molecule is Cc1ccc([C@@H]2CC(=O)Nc3c2sc(C(=O)O)c3-c2cccc(F)c2)cc1C. The first-order valence-electron chi connectivity index (χ1n) is 8.88. The summed E-state index contributed by atoms with van der Waals surface area (Å²) in [6, 6.07) is 11.8. The van der Waals surface area contributed by atoms with Crippen molar-refractivity contribution < 1.29 is 19.1 Å². The maximum Gasteiger partial charge on any atom is 0.346 e. The summed E-state index contributed by atoms with van der Waals surface area (Å²) in [5, 5.41) is 12.6. The lowest BCUT2D eigenvalue weighted by atomic mass is 9.87. The summed E-state index contributed by atoms with van der Waals surface area (Å²) >= 11 is 1.15. The van der Waals surface area contributed by atoms with Crippen LogP contribution in [-0.4, -0.2) is 17.0 Å². The number of rotatable bonds is 3. The van der Waals surface area contributed by atoms with Gasteiger partial charge in [-0.1, -0.05) is 30.3 Å². The van der Waals surface area contributed by atoms with E-state index in [1.54, 1.807) is 6.07 Å². The van der Waals surface area contributed by atoms with Gasteiger partial charge in [0.2, 0.25) is 5.91 Å². The lowest BCUT2D eigenvalue weighted by Gasteiger charge is -2.24. The molecule has 2 N–H and O–H groups in total. The van der Waals surface area contributed by atoms with Crippen molar-refractivity contribution in [3.05, 3.63) is 74.7 Å². The topological polar surface area (TPSA) is 66.4 Å². The minimum absolute atomic E-state index is 0.103. The second-order valence-corrected chi connectivity index (χ2v) is 8.06. The highest BCUT2D eigenvalue weighted by atomic mass is 32.1. The van der Waals surface area contributed by atoms with Crippen LogP contribution in [0.15, 0.2) is 42.5 Å². The van der Waals surface area contributed by atoms with E-state index in [2.05, 4.69) is 5.32 Å². The number of nitrogens with one attached hydrogen (secondary N) is 1. The highest BCUT2D eigenvalue weighted by Gasteiger charge is 2.34. The van der Waals surface area contributed by atoms with Crippen LogP contribution in [0.4, 0.5) is 10.1 Å². The molecule has 0 unspecified atom stereocenters. The normalized spacial score (nSPS) is 15.8. The fraction of sp³-hybridized carbons (Fsp3) is 0.182. The molecule has 4 rings (SSSR count). The quantitative estimate of drug-likeness (QED) is 0.629. The molecular weight excluding hydrogens is 377 g/mol. The van der Waals surface area contributed by atoms with Crippen LogP contribution >= 0.6 is 11.3 Å². The van der Waals surface area contributed by atoms with Crippen LogP contribution in [0.5, 0.6) is 0 Å². The average molecular weight is 395 g/mol. The molecule has 142 valence electrons. The predicted octanol–water partition coefficient (Wildman–Crippen LogP) is 5.34. The van der Waals surface area contributed by atoms with E-state index < -0.39 is 11.8 Å². The number of aryl methyl sites for hydroxylation is 2. The van der Waals surface area contributed by atoms with Gasteiger partial charge in [0.15, 0.2) is 0 Å². The van der Waals surface area contributed by atoms with Crippen LogP contribution in [0.2, 0.25) is 0 Å². The summed E-state index contributed by atoms with van der Waals surface area (Å²) in [6.07, 6.45) is 0.248. The van der Waals surface area contributed by atoms with Crippen molar-refractivity contribution in [3.63, 3.8) is 0 Å². The Bertz CT molecular complexity index is 1120. The minimum atomic E-state index is -1.09. The number of hydrogen-bond donors (Lipinski definition) is 2. The van der Waals surface area contributed by atoms with Gasteiger partial charge in [-0.3, -0.25) is 4.79 Å². The van der Waals surface area contributed by atoms with Gasteiger partial charge in [0, 0.05) is 22.8 Å². The second kappa shape index (κ2) is 6.87. The van der Waals surface area contributed by atoms with Crippen LogP contribution < -0.4 is 5.32 Å². The van der Waals surface area contributed by atoms with Crippen molar-refractivity contribution in [2.24, 2.45) is 0 Å². The summed E-state index contributed by atoms with van der Waals surface area (Å²) in [7, 11) is 0. The largest absolute Gasteiger partial charge is 0.477 e. The Labute approximate surface area is 165 Å². The van der Waals surface area contributed by atoms with E-state index in [1.165, 1.54) is 18.2 Å². The lowest BCUT2D eigenvalue weighted by molar-refractivity contribution is -0.116. The van der Waals surface area contributed by atoms with Crippen molar-refractivity contribution in [2.45, 2.75) is 26.2 Å². The summed E-state index contributed by atoms with van der Waals surface area (Å²) in [6.45, 7) is 4.03. The van der Waals surface area contributed by atoms with Gasteiger partial charge in [-0.15, -0.1) is 11.3 Å². The molecule has 0 fully saturated rings. The van der Waals surface area contributed by atoms with Gasteiger partial charge in [0.25, 0.3) is 0 Å². The molecule has 0 radical (unpaired) electrons. The van der Waals surface area contributed by atoms with E-state index in [1.807, 2.05) is 32.0 Å². The number of carboxylic acids is 1. The zero-order chi connectivity index (χ0) is 20.0. The smallest absolute Gasteiger partial charge is 0.346 e. The molecule has 3 aromatic rings. The van der Waals surface area contributed by atoms with E-state index in [4.69, 9.17) is 0 Å². The Hall–Kier alpha value is -2.99. The number of amides is 1. The maximum absolute atomic E-state index is 13.8. The highest BCUT2D eigenvalue weighted by Crippen LogP contribution is 2.49. The van der Waals surface area contributed by atoms with Crippen LogP contribution in [0.1, 0.15) is 43.6 Å². The Morgan fingerprint density at radius 3 is 2.64 bits per heavy atom. The van der Waals surface area contributed by atoms with Crippen LogP contribution in [0, 0.1) is 19.7 Å². The summed E-state index contributed by atoms with van der Waals surface area (Å²) in [5.41, 5.74) is 4.54. The zero-order valence-electron chi connectivity index (χ0n) is 15.4. The molecular formula is C22H18FNO3S. The van der Waals surface area contributed by atoms with E-state index >= 15 is 0 Å². The highest BCUT2D eigenvalue weighted by molar-refractivity contribution is 7.15. The van der Waals surface area contributed by atoms with Gasteiger partial charge in [-0.05, 0) is 48.2 Å². The van der Waals surface area contributed by atoms with Gasteiger partial charge in [-0.25, -0.2) is 9.18 Å². The lowest BCUT2D eigenvalue weighted by Crippen LogP contribution is -2.22. The Morgan fingerprint density at radius 2 is 1.96 bits per heavy atom. The Balaban J connectivity index is 1.94. The molecule has 28 heavy (non-hydrogen) atoms. The van der Waals surface area contributed by atoms with E-state index in [9.17, 15) is 19.1 Å². The predicted molar refractivity (Wildman–Crippen MR) is 108 cm³/mol. The van der Waals surface area contributed by atoms with Crippen molar-refractivity contribution in [1.29, 1.82) is 0 Å². The molecule has 2 aromatic carbocycles. The summed E-state index contributed by atoms with van der Waals surface area (Å²) < 4.78 is 13.8. The Morgan fingerprint density at radius 1 is 1.18 bits per heavy atom. The molecule has 1 aromatic heterocycles. The monoisotopic (exact) mass is 395 g/mol. The average Bonchev–Trinajstić information content (AvgIpc) is 3.03. The first-order chi connectivity index (χ1) is 13.3. The van der Waals surface area contributed by atoms with Gasteiger partial charge >= 0.3 is 5.97 Å². The number of aromatic carboxylic acids is 1. The number of anilines is 1. The summed E-state index contributed by atoms with van der Waals surface area (Å²) in [5.74, 6) is -1.95. The number of carbonyl (C=O) groups is 2. The fourth-order valence-electron chi connectivity index (χ4n) is 3.61. The molecule has 1 amide bonds. The number of benzene rings is 2. The van der Waals surface area contributed by atoms with E-state index in [0.29, 0.717) is 16.8 Å². The van der Waals surface area contributed by atoms with E-state index in [-0.39, 0.29) is 23.1 Å². The second-order valence-electron chi connectivity index (χ2n) is 7.01. The fourth-order valence-corrected chi connectivity index (χ4v) is 4.85. The first kappa shape index (κ1) is 18.4. The number of carboxylic acid groups (broad SMARTS) is 1. The van der Waals surface area contributed by atoms with Crippen LogP contribution in [-0.2, 0) is 4.79 Å². The van der Waals surface area contributed by atoms with Crippen molar-refractivity contribution in [3.8, 4) is 11.1 Å². The minimum Gasteiger partial charge on any atom is -0.477 e. The molecule has 2 heterocycles. The van der Waals surface area contributed by atoms with Crippen molar-refractivity contribution >= 4 is 28.9 Å². The third kappa shape index (κ3) is 3.10. The molecule has 1 aliphatic rings. The van der Waals surface area contributed by atoms with Gasteiger partial charge in [0.1, 0.15) is 10.7 Å². The molecule has 0 bridgehead atoms. The Kier molecular flexibility index (Phi) is 4.51. The first-order valence-corrected chi connectivity index (χ1v) is 9.69. The number of hydrogen-bond acceptors (Lipinski definition) is 3. The molecule has 1 aliphatic heterocycles. The molecule has 4 nitrogen and oxygen atoms in total. The maximum atomic E-state index is 13.8. The van der Waals surface area contributed by atoms with Crippen LogP contribution in [0.25, 0.3) is 11.1 Å². The molecule has 1 atom stereocenters. The van der Waals surface area contributed by atoms with Crippen molar-refractivity contribution in [1.82, 2.24) is 0 Å². The van der Waals surface area contributed by atoms with Gasteiger partial charge in [0.05, 0.1) is 5.69 Å².